The molecule has 4 amide bonds. The van der Waals surface area contributed by atoms with Crippen LogP contribution in [0.3, 0.4) is 0 Å². The number of fused-ring (bicyclic) bond motifs is 3. The van der Waals surface area contributed by atoms with Gasteiger partial charge in [-0.1, -0.05) is 75.1 Å². The molecule has 5 atom stereocenters. The van der Waals surface area contributed by atoms with Crippen LogP contribution in [-0.2, 0) is 35.6 Å². The highest BCUT2D eigenvalue weighted by Gasteiger charge is 2.62. The standard InChI is InChI=1S/C42H51N5O8S/c1-3-5-16-34-39(49)47-26-30(23-36(47)38(48)45-42(25-29(42)4-2)40(50)46-56(52,53)31-18-19-31)55-37-24-35(28-14-10-8-11-15-28)43-33-20-17-27(22-32(33)37)13-9-6-7-12-21-54-41(51)44-34/h4,8,10-11,14-15,17,20,22,24,29-31,34,36H,2-3,5-7,9,12-13,16,18-19,21,23,25-26H2,1H3,(H,44,51)(H,45,48)(H,46,50)/t29-,30-,34+,36+,42-/m1/s1. The van der Waals surface area contributed by atoms with Crippen LogP contribution in [0.5, 0.6) is 5.75 Å². The zero-order valence-corrected chi connectivity index (χ0v) is 32.7. The summed E-state index contributed by atoms with van der Waals surface area (Å²) in [5.74, 6) is -1.87. The molecule has 2 saturated carbocycles. The fourth-order valence-electron chi connectivity index (χ4n) is 7.82. The van der Waals surface area contributed by atoms with E-state index in [4.69, 9.17) is 14.5 Å². The Morgan fingerprint density at radius 2 is 1.86 bits per heavy atom. The summed E-state index contributed by atoms with van der Waals surface area (Å²) in [6, 6.07) is 15.7. The maximum atomic E-state index is 14.5. The van der Waals surface area contributed by atoms with E-state index in [-0.39, 0.29) is 26.0 Å². The molecule has 7 rings (SSSR count). The van der Waals surface area contributed by atoms with Gasteiger partial charge in [0, 0.05) is 29.4 Å². The van der Waals surface area contributed by atoms with Crippen LogP contribution in [0.2, 0.25) is 0 Å². The number of carbonyl (C=O) groups excluding carboxylic acids is 4. The smallest absolute Gasteiger partial charge is 0.407 e. The van der Waals surface area contributed by atoms with Crippen molar-refractivity contribution >= 4 is 44.7 Å². The molecule has 2 aromatic carbocycles. The number of hydrogen-bond donors (Lipinski definition) is 3. The molecule has 1 saturated heterocycles. The first-order valence-corrected chi connectivity index (χ1v) is 21.5. The first kappa shape index (κ1) is 39.3. The van der Waals surface area contributed by atoms with Gasteiger partial charge in [-0.2, -0.15) is 0 Å². The maximum Gasteiger partial charge on any atom is 0.407 e. The van der Waals surface area contributed by atoms with Crippen LogP contribution in [0, 0.1) is 5.92 Å². The minimum Gasteiger partial charge on any atom is -0.488 e. The molecule has 1 aromatic heterocycles. The van der Waals surface area contributed by atoms with E-state index < -0.39 is 68.7 Å². The van der Waals surface area contributed by atoms with Crippen molar-refractivity contribution < 1.29 is 37.1 Å². The Bertz CT molecular complexity index is 2090. The van der Waals surface area contributed by atoms with E-state index in [1.54, 1.807) is 0 Å². The second-order valence-electron chi connectivity index (χ2n) is 15.5. The lowest BCUT2D eigenvalue weighted by atomic mass is 10.0. The van der Waals surface area contributed by atoms with E-state index in [0.717, 1.165) is 54.1 Å². The van der Waals surface area contributed by atoms with Gasteiger partial charge in [-0.25, -0.2) is 18.2 Å². The van der Waals surface area contributed by atoms with Crippen LogP contribution < -0.4 is 20.1 Å². The number of nitrogens with one attached hydrogen (secondary N) is 3. The molecule has 3 fully saturated rings. The maximum absolute atomic E-state index is 14.5. The SMILES string of the molecule is C=C[C@@H]1C[C@]1(NC(=O)[C@@H]1C[C@@H]2CN1C(=O)[C@H](CCCC)NC(=O)OCCCCCCc1ccc3nc(-c4ccccc4)cc(c3c1)O2)C(=O)NS(=O)(=O)C1CC1. The van der Waals surface area contributed by atoms with Gasteiger partial charge in [0.1, 0.15) is 29.5 Å². The number of rotatable bonds is 10. The van der Waals surface area contributed by atoms with Crippen LogP contribution in [0.25, 0.3) is 22.2 Å². The molecule has 298 valence electrons. The molecular weight excluding hydrogens is 735 g/mol. The van der Waals surface area contributed by atoms with Crippen LogP contribution in [0.15, 0.2) is 67.3 Å². The van der Waals surface area contributed by atoms with Crippen molar-refractivity contribution in [2.24, 2.45) is 5.92 Å². The normalized spacial score (nSPS) is 25.8. The number of pyridine rings is 1. The van der Waals surface area contributed by atoms with E-state index in [2.05, 4.69) is 34.1 Å². The minimum absolute atomic E-state index is 0.0145. The predicted molar refractivity (Wildman–Crippen MR) is 211 cm³/mol. The van der Waals surface area contributed by atoms with Crippen molar-refractivity contribution in [2.75, 3.05) is 13.2 Å². The van der Waals surface area contributed by atoms with Gasteiger partial charge >= 0.3 is 6.09 Å². The monoisotopic (exact) mass is 785 g/mol. The Morgan fingerprint density at radius 3 is 2.59 bits per heavy atom. The number of amides is 4. The summed E-state index contributed by atoms with van der Waals surface area (Å²) in [5, 5.41) is 5.78. The molecule has 2 aliphatic heterocycles. The number of cyclic esters (lactones) is 1. The molecule has 2 aliphatic carbocycles. The molecule has 0 radical (unpaired) electrons. The average Bonchev–Trinajstić information content (AvgIpc) is 4.12. The lowest BCUT2D eigenvalue weighted by molar-refractivity contribution is -0.141. The van der Waals surface area contributed by atoms with Crippen LogP contribution in [0.4, 0.5) is 4.79 Å². The largest absolute Gasteiger partial charge is 0.488 e. The molecular formula is C42H51N5O8S. The summed E-state index contributed by atoms with van der Waals surface area (Å²) in [5.41, 5.74) is 1.94. The second kappa shape index (κ2) is 16.6. The number of carbonyl (C=O) groups is 4. The number of aromatic nitrogens is 1. The highest BCUT2D eigenvalue weighted by molar-refractivity contribution is 7.91. The number of hydrogen-bond acceptors (Lipinski definition) is 9. The van der Waals surface area contributed by atoms with Gasteiger partial charge in [0.2, 0.25) is 21.8 Å². The quantitative estimate of drug-likeness (QED) is 0.230. The van der Waals surface area contributed by atoms with Crippen molar-refractivity contribution in [2.45, 2.75) is 113 Å². The fraction of sp³-hybridized carbons (Fsp3) is 0.500. The number of unbranched alkanes of at least 4 members (excludes halogenated alkanes) is 1. The van der Waals surface area contributed by atoms with Crippen molar-refractivity contribution in [1.82, 2.24) is 25.2 Å². The van der Waals surface area contributed by atoms with Gasteiger partial charge in [0.05, 0.1) is 29.6 Å². The minimum atomic E-state index is -3.89. The summed E-state index contributed by atoms with van der Waals surface area (Å²) in [4.78, 5) is 61.9. The Morgan fingerprint density at radius 1 is 1.07 bits per heavy atom. The third-order valence-electron chi connectivity index (χ3n) is 11.3. The highest BCUT2D eigenvalue weighted by atomic mass is 32.2. The zero-order valence-electron chi connectivity index (χ0n) is 31.8. The lowest BCUT2D eigenvalue weighted by Gasteiger charge is -2.29. The van der Waals surface area contributed by atoms with Gasteiger partial charge in [-0.15, -0.1) is 6.58 Å². The highest BCUT2D eigenvalue weighted by Crippen LogP contribution is 2.45. The summed E-state index contributed by atoms with van der Waals surface area (Å²) in [7, 11) is -3.89. The number of aryl methyl sites for hydroxylation is 1. The first-order chi connectivity index (χ1) is 27.0. The van der Waals surface area contributed by atoms with Gasteiger partial charge in [-0.3, -0.25) is 19.1 Å². The van der Waals surface area contributed by atoms with Crippen LogP contribution in [-0.4, -0.2) is 84.2 Å². The number of nitrogens with zero attached hydrogens (tertiary/aromatic N) is 2. The Labute approximate surface area is 328 Å². The van der Waals surface area contributed by atoms with Crippen LogP contribution >= 0.6 is 0 Å². The molecule has 3 heterocycles. The van der Waals surface area contributed by atoms with Gasteiger partial charge in [0.25, 0.3) is 5.91 Å². The van der Waals surface area contributed by atoms with Gasteiger partial charge in [0.15, 0.2) is 0 Å². The molecule has 13 nitrogen and oxygen atoms in total. The fourth-order valence-corrected chi connectivity index (χ4v) is 9.19. The van der Waals surface area contributed by atoms with E-state index >= 15 is 0 Å². The predicted octanol–water partition coefficient (Wildman–Crippen LogP) is 5.32. The van der Waals surface area contributed by atoms with Crippen molar-refractivity contribution in [1.29, 1.82) is 0 Å². The summed E-state index contributed by atoms with van der Waals surface area (Å²) in [6.45, 7) is 6.01. The topological polar surface area (TPSA) is 173 Å². The molecule has 14 heteroatoms. The third kappa shape index (κ3) is 8.69. The van der Waals surface area contributed by atoms with E-state index in [1.807, 2.05) is 49.4 Å². The second-order valence-corrected chi connectivity index (χ2v) is 17.5. The Kier molecular flexibility index (Phi) is 11.7. The zero-order chi connectivity index (χ0) is 39.5. The van der Waals surface area contributed by atoms with Crippen molar-refractivity contribution in [3.8, 4) is 17.0 Å². The summed E-state index contributed by atoms with van der Waals surface area (Å²) >= 11 is 0. The number of sulfonamides is 1. The van der Waals surface area contributed by atoms with E-state index in [9.17, 15) is 27.6 Å². The molecule has 4 bridgehead atoms. The number of alkyl carbamates (subject to hydrolysis) is 1. The number of benzene rings is 2. The van der Waals surface area contributed by atoms with Gasteiger partial charge < -0.3 is 25.0 Å². The molecule has 3 aromatic rings. The lowest BCUT2D eigenvalue weighted by Crippen LogP contribution is -2.58. The molecule has 0 unspecified atom stereocenters. The summed E-state index contributed by atoms with van der Waals surface area (Å²) in [6.07, 6.45) is 7.36. The van der Waals surface area contributed by atoms with E-state index in [0.29, 0.717) is 43.5 Å². The Hall–Kier alpha value is -4.98. The van der Waals surface area contributed by atoms with Crippen LogP contribution in [0.1, 0.15) is 83.1 Å². The molecule has 0 spiro atoms. The third-order valence-corrected chi connectivity index (χ3v) is 13.1. The average molecular weight is 786 g/mol. The van der Waals surface area contributed by atoms with E-state index in [1.165, 1.54) is 11.0 Å². The van der Waals surface area contributed by atoms with Gasteiger partial charge in [-0.05, 0) is 62.6 Å². The number of ether oxygens (including phenoxy) is 2. The molecule has 56 heavy (non-hydrogen) atoms. The molecule has 4 aliphatic rings. The first-order valence-electron chi connectivity index (χ1n) is 19.9. The summed E-state index contributed by atoms with van der Waals surface area (Å²) < 4.78 is 40.0. The Balaban J connectivity index is 1.24. The van der Waals surface area contributed by atoms with Crippen molar-refractivity contribution in [3.63, 3.8) is 0 Å². The molecule has 3 N–H and O–H groups in total. The van der Waals surface area contributed by atoms with Crippen molar-refractivity contribution in [3.05, 3.63) is 72.8 Å².